The third kappa shape index (κ3) is 4.50. The summed E-state index contributed by atoms with van der Waals surface area (Å²) in [5.41, 5.74) is 2.04. The number of hydrogen-bond acceptors (Lipinski definition) is 5. The molecule has 7 nitrogen and oxygen atoms in total. The number of carbonyl (C=O) groups excluding carboxylic acids is 1. The molecule has 0 saturated carbocycles. The van der Waals surface area contributed by atoms with Crippen LogP contribution in [0.15, 0.2) is 54.9 Å². The number of urea groups is 1. The minimum absolute atomic E-state index is 0.247. The van der Waals surface area contributed by atoms with Gasteiger partial charge in [-0.3, -0.25) is 9.88 Å². The Kier molecular flexibility index (Phi) is 5.55. The standard InChI is InChI=1S/C25H25F2N5O2/c1-25(2)15-32(24(33)29-19-11-18(27)12-28-13-19)23-22(34-25)7-6-21(30-23)16-4-3-5-20(10-16)31-9-8-17(26)14-31/h3-7,10-13,17H,8-9,14-15H2,1-2H3,(H,29,33)/t17-/m0/s1. The van der Waals surface area contributed by atoms with Crippen molar-refractivity contribution in [2.75, 3.05) is 34.8 Å². The molecule has 0 radical (unpaired) electrons. The first-order valence-electron chi connectivity index (χ1n) is 11.2. The minimum Gasteiger partial charge on any atom is -0.482 e. The zero-order chi connectivity index (χ0) is 23.9. The smallest absolute Gasteiger partial charge is 0.327 e. The first-order valence-corrected chi connectivity index (χ1v) is 11.2. The number of anilines is 3. The third-order valence-electron chi connectivity index (χ3n) is 5.86. The van der Waals surface area contributed by atoms with Crippen molar-refractivity contribution in [3.05, 3.63) is 60.7 Å². The number of carbonyl (C=O) groups is 1. The zero-order valence-corrected chi connectivity index (χ0v) is 19.0. The van der Waals surface area contributed by atoms with Gasteiger partial charge < -0.3 is 15.0 Å². The van der Waals surface area contributed by atoms with E-state index in [1.807, 2.05) is 49.1 Å². The minimum atomic E-state index is -0.814. The van der Waals surface area contributed by atoms with Crippen LogP contribution in [0.25, 0.3) is 11.3 Å². The maximum absolute atomic E-state index is 13.7. The molecule has 1 fully saturated rings. The van der Waals surface area contributed by atoms with Gasteiger partial charge in [0.1, 0.15) is 17.6 Å². The lowest BCUT2D eigenvalue weighted by atomic mass is 10.1. The Bertz CT molecular complexity index is 1240. The first kappa shape index (κ1) is 22.1. The van der Waals surface area contributed by atoms with Gasteiger partial charge in [-0.15, -0.1) is 0 Å². The Morgan fingerprint density at radius 3 is 2.82 bits per heavy atom. The fourth-order valence-electron chi connectivity index (χ4n) is 4.31. The molecular weight excluding hydrogens is 440 g/mol. The number of fused-ring (bicyclic) bond motifs is 1. The summed E-state index contributed by atoms with van der Waals surface area (Å²) < 4.78 is 33.3. The Balaban J connectivity index is 1.47. The molecule has 0 bridgehead atoms. The number of amides is 2. The molecule has 1 atom stereocenters. The van der Waals surface area contributed by atoms with Crippen LogP contribution in [0.2, 0.25) is 0 Å². The Morgan fingerprint density at radius 1 is 1.21 bits per heavy atom. The fraction of sp³-hybridized carbons (Fsp3) is 0.320. The van der Waals surface area contributed by atoms with Crippen molar-refractivity contribution in [1.29, 1.82) is 0 Å². The van der Waals surface area contributed by atoms with Crippen molar-refractivity contribution in [3.63, 3.8) is 0 Å². The summed E-state index contributed by atoms with van der Waals surface area (Å²) in [7, 11) is 0. The summed E-state index contributed by atoms with van der Waals surface area (Å²) >= 11 is 0. The second-order valence-electron chi connectivity index (χ2n) is 9.17. The lowest BCUT2D eigenvalue weighted by Gasteiger charge is -2.38. The van der Waals surface area contributed by atoms with Gasteiger partial charge in [-0.05, 0) is 44.5 Å². The highest BCUT2D eigenvalue weighted by atomic mass is 19.1. The molecule has 3 aromatic rings. The molecule has 2 aromatic heterocycles. The van der Waals surface area contributed by atoms with Gasteiger partial charge in [0.15, 0.2) is 11.6 Å². The van der Waals surface area contributed by atoms with Gasteiger partial charge in [-0.2, -0.15) is 0 Å². The Morgan fingerprint density at radius 2 is 2.06 bits per heavy atom. The van der Waals surface area contributed by atoms with E-state index in [-0.39, 0.29) is 12.2 Å². The normalized spacial score (nSPS) is 18.9. The summed E-state index contributed by atoms with van der Waals surface area (Å²) in [6.45, 7) is 5.06. The van der Waals surface area contributed by atoms with E-state index in [1.165, 1.54) is 17.2 Å². The first-order chi connectivity index (χ1) is 16.3. The predicted molar refractivity (Wildman–Crippen MR) is 127 cm³/mol. The lowest BCUT2D eigenvalue weighted by molar-refractivity contribution is 0.106. The maximum atomic E-state index is 13.7. The van der Waals surface area contributed by atoms with E-state index in [0.29, 0.717) is 36.8 Å². The van der Waals surface area contributed by atoms with Gasteiger partial charge in [-0.1, -0.05) is 12.1 Å². The number of alkyl halides is 1. The highest BCUT2D eigenvalue weighted by Crippen LogP contribution is 2.38. The van der Waals surface area contributed by atoms with Crippen LogP contribution in [0.5, 0.6) is 5.75 Å². The third-order valence-corrected chi connectivity index (χ3v) is 5.86. The predicted octanol–water partition coefficient (Wildman–Crippen LogP) is 5.04. The quantitative estimate of drug-likeness (QED) is 0.587. The monoisotopic (exact) mass is 465 g/mol. The lowest BCUT2D eigenvalue weighted by Crippen LogP contribution is -2.51. The number of ether oxygens (including phenoxy) is 1. The molecule has 1 saturated heterocycles. The average Bonchev–Trinajstić information content (AvgIpc) is 3.24. The number of halogens is 2. The van der Waals surface area contributed by atoms with E-state index in [4.69, 9.17) is 9.72 Å². The van der Waals surface area contributed by atoms with Crippen molar-refractivity contribution >= 4 is 23.2 Å². The molecule has 176 valence electrons. The molecule has 0 spiro atoms. The molecule has 1 aromatic carbocycles. The second-order valence-corrected chi connectivity index (χ2v) is 9.17. The summed E-state index contributed by atoms with van der Waals surface area (Å²) in [6.07, 6.45) is 2.16. The Labute approximate surface area is 196 Å². The number of aromatic nitrogens is 2. The van der Waals surface area contributed by atoms with Crippen LogP contribution >= 0.6 is 0 Å². The number of hydrogen-bond donors (Lipinski definition) is 1. The van der Waals surface area contributed by atoms with E-state index < -0.39 is 23.6 Å². The molecule has 2 aliphatic heterocycles. The van der Waals surface area contributed by atoms with Crippen molar-refractivity contribution < 1.29 is 18.3 Å². The van der Waals surface area contributed by atoms with Crippen LogP contribution in [0, 0.1) is 5.82 Å². The number of nitrogens with zero attached hydrogens (tertiary/aromatic N) is 4. The van der Waals surface area contributed by atoms with Gasteiger partial charge >= 0.3 is 6.03 Å². The van der Waals surface area contributed by atoms with Crippen molar-refractivity contribution in [3.8, 4) is 17.0 Å². The van der Waals surface area contributed by atoms with E-state index in [9.17, 15) is 13.6 Å². The molecular formula is C25H25F2N5O2. The largest absolute Gasteiger partial charge is 0.482 e. The van der Waals surface area contributed by atoms with Crippen LogP contribution in [-0.2, 0) is 0 Å². The summed E-state index contributed by atoms with van der Waals surface area (Å²) in [5.74, 6) is 0.301. The average molecular weight is 466 g/mol. The number of benzene rings is 1. The highest BCUT2D eigenvalue weighted by Gasteiger charge is 2.36. The molecule has 2 aliphatic rings. The van der Waals surface area contributed by atoms with E-state index in [2.05, 4.69) is 10.3 Å². The summed E-state index contributed by atoms with van der Waals surface area (Å²) in [6, 6.07) is 12.1. The molecule has 0 aliphatic carbocycles. The van der Waals surface area contributed by atoms with Gasteiger partial charge in [0.05, 0.1) is 30.3 Å². The van der Waals surface area contributed by atoms with Crippen LogP contribution in [0.4, 0.5) is 30.8 Å². The van der Waals surface area contributed by atoms with Crippen LogP contribution in [0.1, 0.15) is 20.3 Å². The van der Waals surface area contributed by atoms with E-state index in [0.717, 1.165) is 17.4 Å². The molecule has 1 N–H and O–H groups in total. The van der Waals surface area contributed by atoms with Gasteiger partial charge in [0.2, 0.25) is 0 Å². The maximum Gasteiger partial charge on any atom is 0.327 e. The topological polar surface area (TPSA) is 70.6 Å². The number of rotatable bonds is 3. The summed E-state index contributed by atoms with van der Waals surface area (Å²) in [4.78, 5) is 25.2. The highest BCUT2D eigenvalue weighted by molar-refractivity contribution is 6.02. The number of nitrogens with one attached hydrogen (secondary N) is 1. The number of pyridine rings is 2. The van der Waals surface area contributed by atoms with Crippen LogP contribution < -0.4 is 19.9 Å². The van der Waals surface area contributed by atoms with Crippen molar-refractivity contribution in [2.45, 2.75) is 32.0 Å². The molecule has 0 unspecified atom stereocenters. The van der Waals surface area contributed by atoms with Gasteiger partial charge in [0, 0.05) is 30.4 Å². The SMILES string of the molecule is CC1(C)CN(C(=O)Nc2cncc(F)c2)c2nc(-c3cccc(N4CC[C@H](F)C4)c3)ccc2O1. The fourth-order valence-corrected chi connectivity index (χ4v) is 4.31. The second kappa shape index (κ2) is 8.55. The van der Waals surface area contributed by atoms with Crippen molar-refractivity contribution in [2.24, 2.45) is 0 Å². The van der Waals surface area contributed by atoms with Crippen LogP contribution in [-0.4, -0.2) is 47.4 Å². The Hall–Kier alpha value is -3.75. The zero-order valence-electron chi connectivity index (χ0n) is 19.0. The van der Waals surface area contributed by atoms with E-state index >= 15 is 0 Å². The molecule has 5 rings (SSSR count). The van der Waals surface area contributed by atoms with Crippen molar-refractivity contribution in [1.82, 2.24) is 9.97 Å². The summed E-state index contributed by atoms with van der Waals surface area (Å²) in [5, 5.41) is 2.69. The van der Waals surface area contributed by atoms with Gasteiger partial charge in [0.25, 0.3) is 0 Å². The molecule has 9 heteroatoms. The molecule has 34 heavy (non-hydrogen) atoms. The molecule has 2 amide bonds. The van der Waals surface area contributed by atoms with E-state index in [1.54, 1.807) is 6.07 Å². The van der Waals surface area contributed by atoms with Gasteiger partial charge in [-0.25, -0.2) is 18.6 Å². The van der Waals surface area contributed by atoms with Crippen LogP contribution in [0.3, 0.4) is 0 Å². The molecule has 4 heterocycles.